The van der Waals surface area contributed by atoms with Crippen LogP contribution in [0.4, 0.5) is 0 Å². The molecule has 1 aliphatic heterocycles. The van der Waals surface area contributed by atoms with Crippen LogP contribution in [0.3, 0.4) is 0 Å². The lowest BCUT2D eigenvalue weighted by atomic mass is 9.95. The van der Waals surface area contributed by atoms with Gasteiger partial charge in [-0.1, -0.05) is 37.3 Å². The Labute approximate surface area is 150 Å². The Morgan fingerprint density at radius 2 is 1.84 bits per heavy atom. The highest BCUT2D eigenvalue weighted by Crippen LogP contribution is 2.22. The van der Waals surface area contributed by atoms with Crippen LogP contribution in [0.25, 0.3) is 0 Å². The minimum Gasteiger partial charge on any atom is -0.490 e. The number of hydrogen-bond donors (Lipinski definition) is 0. The largest absolute Gasteiger partial charge is 0.490 e. The molecule has 1 saturated heterocycles. The first-order valence-electron chi connectivity index (χ1n) is 9.22. The first-order chi connectivity index (χ1) is 12.2. The zero-order valence-electron chi connectivity index (χ0n) is 15.2. The molecule has 0 spiro atoms. The molecule has 0 unspecified atom stereocenters. The number of ether oxygens (including phenoxy) is 1. The Bertz CT molecular complexity index is 700. The maximum atomic E-state index is 10.8. The molecule has 1 amide bonds. The standard InChI is InChI=1S/C22H27NO2/c1-3-22-17(2)5-4-6-19(22)15-18-7-9-20(10-8-18)25-21-11-13-23(16-24)14-12-21/h4-10,16,21H,3,11-15H2,1-2H3. The monoisotopic (exact) mass is 337 g/mol. The second-order valence-electron chi connectivity index (χ2n) is 6.85. The third-order valence-corrected chi connectivity index (χ3v) is 5.11. The van der Waals surface area contributed by atoms with E-state index in [1.807, 2.05) is 4.90 Å². The first kappa shape index (κ1) is 17.5. The molecule has 0 bridgehead atoms. The fourth-order valence-electron chi connectivity index (χ4n) is 3.63. The summed E-state index contributed by atoms with van der Waals surface area (Å²) in [6.45, 7) is 5.99. The Balaban J connectivity index is 1.61. The van der Waals surface area contributed by atoms with E-state index in [9.17, 15) is 4.79 Å². The van der Waals surface area contributed by atoms with Crippen LogP contribution in [0.2, 0.25) is 0 Å². The predicted octanol–water partition coefficient (Wildman–Crippen LogP) is 4.15. The van der Waals surface area contributed by atoms with E-state index in [-0.39, 0.29) is 6.10 Å². The average molecular weight is 337 g/mol. The van der Waals surface area contributed by atoms with Crippen molar-refractivity contribution >= 4 is 6.41 Å². The molecule has 25 heavy (non-hydrogen) atoms. The summed E-state index contributed by atoms with van der Waals surface area (Å²) in [6, 6.07) is 15.0. The highest BCUT2D eigenvalue weighted by Gasteiger charge is 2.19. The molecule has 1 aliphatic rings. The van der Waals surface area contributed by atoms with Crippen LogP contribution in [0, 0.1) is 6.92 Å². The summed E-state index contributed by atoms with van der Waals surface area (Å²) in [6.07, 6.45) is 4.99. The quantitative estimate of drug-likeness (QED) is 0.741. The first-order valence-corrected chi connectivity index (χ1v) is 9.22. The summed E-state index contributed by atoms with van der Waals surface area (Å²) >= 11 is 0. The van der Waals surface area contributed by atoms with Crippen molar-refractivity contribution in [2.45, 2.75) is 45.6 Å². The van der Waals surface area contributed by atoms with Gasteiger partial charge in [0.25, 0.3) is 0 Å². The molecule has 3 nitrogen and oxygen atoms in total. The lowest BCUT2D eigenvalue weighted by Crippen LogP contribution is -2.37. The minimum absolute atomic E-state index is 0.213. The van der Waals surface area contributed by atoms with E-state index in [1.54, 1.807) is 0 Å². The number of piperidine rings is 1. The van der Waals surface area contributed by atoms with Gasteiger partial charge in [-0.15, -0.1) is 0 Å². The number of likely N-dealkylation sites (tertiary alicyclic amines) is 1. The van der Waals surface area contributed by atoms with Gasteiger partial charge in [0.15, 0.2) is 0 Å². The Morgan fingerprint density at radius 3 is 2.48 bits per heavy atom. The molecular weight excluding hydrogens is 310 g/mol. The number of carbonyl (C=O) groups excluding carboxylic acids is 1. The zero-order chi connectivity index (χ0) is 17.6. The molecule has 0 saturated carbocycles. The maximum absolute atomic E-state index is 10.8. The van der Waals surface area contributed by atoms with E-state index in [4.69, 9.17) is 4.74 Å². The highest BCUT2D eigenvalue weighted by atomic mass is 16.5. The smallest absolute Gasteiger partial charge is 0.209 e. The number of carbonyl (C=O) groups is 1. The normalized spacial score (nSPS) is 15.2. The SMILES string of the molecule is CCc1c(C)cccc1Cc1ccc(OC2CCN(C=O)CC2)cc1. The topological polar surface area (TPSA) is 29.5 Å². The fourth-order valence-corrected chi connectivity index (χ4v) is 3.63. The van der Waals surface area contributed by atoms with Gasteiger partial charge in [-0.05, 0) is 54.2 Å². The van der Waals surface area contributed by atoms with Gasteiger partial charge in [0, 0.05) is 25.9 Å². The lowest BCUT2D eigenvalue weighted by molar-refractivity contribution is -0.119. The third kappa shape index (κ3) is 4.41. The van der Waals surface area contributed by atoms with E-state index < -0.39 is 0 Å². The van der Waals surface area contributed by atoms with Crippen molar-refractivity contribution < 1.29 is 9.53 Å². The molecule has 0 aromatic heterocycles. The van der Waals surface area contributed by atoms with E-state index in [2.05, 4.69) is 56.3 Å². The molecule has 3 heteroatoms. The second kappa shape index (κ2) is 8.19. The second-order valence-corrected chi connectivity index (χ2v) is 6.85. The summed E-state index contributed by atoms with van der Waals surface area (Å²) in [5, 5.41) is 0. The lowest BCUT2D eigenvalue weighted by Gasteiger charge is -2.29. The maximum Gasteiger partial charge on any atom is 0.209 e. The molecule has 0 atom stereocenters. The van der Waals surface area contributed by atoms with Crippen molar-refractivity contribution in [1.29, 1.82) is 0 Å². The van der Waals surface area contributed by atoms with E-state index in [0.29, 0.717) is 0 Å². The minimum atomic E-state index is 0.213. The Hall–Kier alpha value is -2.29. The number of rotatable bonds is 6. The number of benzene rings is 2. The van der Waals surface area contributed by atoms with Gasteiger partial charge >= 0.3 is 0 Å². The van der Waals surface area contributed by atoms with Gasteiger partial charge in [0.2, 0.25) is 6.41 Å². The summed E-state index contributed by atoms with van der Waals surface area (Å²) in [5.74, 6) is 0.924. The van der Waals surface area contributed by atoms with Crippen molar-refractivity contribution in [3.8, 4) is 5.75 Å². The molecule has 2 aromatic rings. The molecule has 3 rings (SSSR count). The van der Waals surface area contributed by atoms with E-state index in [0.717, 1.165) is 50.9 Å². The van der Waals surface area contributed by atoms with Crippen LogP contribution < -0.4 is 4.74 Å². The fraction of sp³-hybridized carbons (Fsp3) is 0.409. The van der Waals surface area contributed by atoms with Gasteiger partial charge in [-0.25, -0.2) is 0 Å². The summed E-state index contributed by atoms with van der Waals surface area (Å²) in [4.78, 5) is 12.6. The van der Waals surface area contributed by atoms with E-state index >= 15 is 0 Å². The van der Waals surface area contributed by atoms with Crippen LogP contribution in [0.5, 0.6) is 5.75 Å². The summed E-state index contributed by atoms with van der Waals surface area (Å²) in [5.41, 5.74) is 5.56. The Morgan fingerprint density at radius 1 is 1.12 bits per heavy atom. The van der Waals surface area contributed by atoms with Gasteiger partial charge in [0.1, 0.15) is 11.9 Å². The molecule has 1 heterocycles. The molecule has 1 fully saturated rings. The van der Waals surface area contributed by atoms with E-state index in [1.165, 1.54) is 22.3 Å². The zero-order valence-corrected chi connectivity index (χ0v) is 15.2. The highest BCUT2D eigenvalue weighted by molar-refractivity contribution is 5.47. The van der Waals surface area contributed by atoms with Crippen molar-refractivity contribution in [2.24, 2.45) is 0 Å². The van der Waals surface area contributed by atoms with Crippen LogP contribution in [0.15, 0.2) is 42.5 Å². The number of hydrogen-bond acceptors (Lipinski definition) is 2. The van der Waals surface area contributed by atoms with Gasteiger partial charge in [0.05, 0.1) is 0 Å². The number of nitrogens with zero attached hydrogens (tertiary/aromatic N) is 1. The average Bonchev–Trinajstić information content (AvgIpc) is 2.64. The van der Waals surface area contributed by atoms with Crippen LogP contribution in [-0.4, -0.2) is 30.5 Å². The summed E-state index contributed by atoms with van der Waals surface area (Å²) < 4.78 is 6.07. The summed E-state index contributed by atoms with van der Waals surface area (Å²) in [7, 11) is 0. The van der Waals surface area contributed by atoms with Gasteiger partial charge in [-0.3, -0.25) is 4.79 Å². The van der Waals surface area contributed by atoms with Crippen LogP contribution in [0.1, 0.15) is 42.0 Å². The van der Waals surface area contributed by atoms with Crippen LogP contribution in [-0.2, 0) is 17.6 Å². The van der Waals surface area contributed by atoms with Crippen molar-refractivity contribution in [2.75, 3.05) is 13.1 Å². The Kier molecular flexibility index (Phi) is 5.75. The van der Waals surface area contributed by atoms with Crippen LogP contribution >= 0.6 is 0 Å². The molecular formula is C22H27NO2. The molecule has 0 radical (unpaired) electrons. The van der Waals surface area contributed by atoms with Gasteiger partial charge < -0.3 is 9.64 Å². The van der Waals surface area contributed by atoms with Crippen molar-refractivity contribution in [1.82, 2.24) is 4.90 Å². The van der Waals surface area contributed by atoms with Crippen molar-refractivity contribution in [3.63, 3.8) is 0 Å². The predicted molar refractivity (Wildman–Crippen MR) is 101 cm³/mol. The number of amides is 1. The molecule has 2 aromatic carbocycles. The third-order valence-electron chi connectivity index (χ3n) is 5.11. The molecule has 132 valence electrons. The molecule has 0 N–H and O–H groups in total. The van der Waals surface area contributed by atoms with Crippen molar-refractivity contribution in [3.05, 3.63) is 64.7 Å². The molecule has 0 aliphatic carbocycles. The number of aryl methyl sites for hydroxylation is 1. The van der Waals surface area contributed by atoms with Gasteiger partial charge in [-0.2, -0.15) is 0 Å².